The van der Waals surface area contributed by atoms with Gasteiger partial charge in [-0.2, -0.15) is 0 Å². The molecule has 0 N–H and O–H groups in total. The third kappa shape index (κ3) is 5.31. The topological polar surface area (TPSA) is 15.7 Å². The molecule has 170 valence electrons. The summed E-state index contributed by atoms with van der Waals surface area (Å²) in [4.78, 5) is 5.03. The Bertz CT molecular complexity index is 1210. The Morgan fingerprint density at radius 2 is 1.26 bits per heavy atom. The monoisotopic (exact) mass is 446 g/mol. The molecule has 3 nitrogen and oxygen atoms in total. The Hall–Kier alpha value is -3.58. The third-order valence-electron chi connectivity index (χ3n) is 6.48. The quantitative estimate of drug-likeness (QED) is 0.357. The van der Waals surface area contributed by atoms with Gasteiger partial charge in [0.05, 0.1) is 12.6 Å². The van der Waals surface area contributed by atoms with Gasteiger partial charge in [0, 0.05) is 31.6 Å². The van der Waals surface area contributed by atoms with Crippen molar-refractivity contribution >= 4 is 10.8 Å². The molecule has 1 aliphatic heterocycles. The minimum Gasteiger partial charge on any atom is -0.480 e. The summed E-state index contributed by atoms with van der Waals surface area (Å²) in [5.74, 6) is 7.41. The van der Waals surface area contributed by atoms with Crippen LogP contribution in [0.4, 0.5) is 0 Å². The Labute approximate surface area is 202 Å². The van der Waals surface area contributed by atoms with Crippen LogP contribution in [0.15, 0.2) is 103 Å². The zero-order chi connectivity index (χ0) is 23.0. The Kier molecular flexibility index (Phi) is 7.21. The van der Waals surface area contributed by atoms with Gasteiger partial charge in [0.2, 0.25) is 0 Å². The molecule has 0 bridgehead atoms. The zero-order valence-electron chi connectivity index (χ0n) is 19.4. The minimum atomic E-state index is 0.296. The van der Waals surface area contributed by atoms with Crippen molar-refractivity contribution in [1.82, 2.24) is 9.80 Å². The molecule has 3 heteroatoms. The van der Waals surface area contributed by atoms with Crippen LogP contribution in [0.5, 0.6) is 5.75 Å². The van der Waals surface area contributed by atoms with Crippen molar-refractivity contribution < 1.29 is 4.74 Å². The molecule has 0 atom stereocenters. The number of piperazine rings is 1. The minimum absolute atomic E-state index is 0.296. The lowest BCUT2D eigenvalue weighted by atomic mass is 9.96. The standard InChI is InChI=1S/C31H30N2O/c1-3-13-27(14-4-1)31(28-15-5-2-6-16-28)33-23-21-32(22-24-33)20-9-10-25-34-30-19-11-17-26-12-7-8-18-29(26)30/h1-8,11-19,31H,20-25H2. The SMILES string of the molecule is C(#CCN1CCN(C(c2ccccc2)c2ccccc2)CC1)COc1cccc2ccccc12. The third-order valence-corrected chi connectivity index (χ3v) is 6.48. The van der Waals surface area contributed by atoms with Crippen LogP contribution in [0, 0.1) is 11.8 Å². The first-order valence-corrected chi connectivity index (χ1v) is 12.0. The lowest BCUT2D eigenvalue weighted by molar-refractivity contribution is 0.119. The van der Waals surface area contributed by atoms with Crippen molar-refractivity contribution in [3.8, 4) is 17.6 Å². The number of nitrogens with zero attached hydrogens (tertiary/aromatic N) is 2. The highest BCUT2D eigenvalue weighted by atomic mass is 16.5. The van der Waals surface area contributed by atoms with E-state index in [0.29, 0.717) is 12.6 Å². The fourth-order valence-corrected chi connectivity index (χ4v) is 4.72. The van der Waals surface area contributed by atoms with Gasteiger partial charge in [-0.05, 0) is 22.6 Å². The summed E-state index contributed by atoms with van der Waals surface area (Å²) in [6.45, 7) is 5.31. The molecule has 0 aromatic heterocycles. The average molecular weight is 447 g/mol. The van der Waals surface area contributed by atoms with Crippen molar-refractivity contribution in [3.05, 3.63) is 114 Å². The van der Waals surface area contributed by atoms with Gasteiger partial charge in [0.15, 0.2) is 0 Å². The van der Waals surface area contributed by atoms with E-state index < -0.39 is 0 Å². The van der Waals surface area contributed by atoms with Crippen molar-refractivity contribution in [2.24, 2.45) is 0 Å². The van der Waals surface area contributed by atoms with Crippen molar-refractivity contribution in [2.75, 3.05) is 39.3 Å². The first kappa shape index (κ1) is 22.2. The molecule has 0 unspecified atom stereocenters. The lowest BCUT2D eigenvalue weighted by Gasteiger charge is -2.39. The number of rotatable bonds is 6. The van der Waals surface area contributed by atoms with Crippen molar-refractivity contribution in [2.45, 2.75) is 6.04 Å². The number of hydrogen-bond donors (Lipinski definition) is 0. The van der Waals surface area contributed by atoms with E-state index in [2.05, 4.69) is 101 Å². The van der Waals surface area contributed by atoms with E-state index in [1.54, 1.807) is 0 Å². The molecular formula is C31H30N2O. The van der Waals surface area contributed by atoms with Crippen LogP contribution in [0.1, 0.15) is 17.2 Å². The van der Waals surface area contributed by atoms with E-state index in [4.69, 9.17) is 4.74 Å². The molecule has 0 radical (unpaired) electrons. The summed E-state index contributed by atoms with van der Waals surface area (Å²) in [6, 6.07) is 36.4. The molecule has 0 amide bonds. The molecular weight excluding hydrogens is 416 g/mol. The molecule has 34 heavy (non-hydrogen) atoms. The van der Waals surface area contributed by atoms with Crippen LogP contribution >= 0.6 is 0 Å². The van der Waals surface area contributed by atoms with Gasteiger partial charge in [0.25, 0.3) is 0 Å². The summed E-state index contributed by atoms with van der Waals surface area (Å²) in [6.07, 6.45) is 0. The molecule has 0 saturated carbocycles. The maximum Gasteiger partial charge on any atom is 0.149 e. The molecule has 0 spiro atoms. The fraction of sp³-hybridized carbons (Fsp3) is 0.226. The van der Waals surface area contributed by atoms with E-state index in [9.17, 15) is 0 Å². The normalized spacial score (nSPS) is 14.6. The van der Waals surface area contributed by atoms with E-state index >= 15 is 0 Å². The zero-order valence-corrected chi connectivity index (χ0v) is 19.4. The van der Waals surface area contributed by atoms with Crippen LogP contribution in [0.2, 0.25) is 0 Å². The van der Waals surface area contributed by atoms with Gasteiger partial charge in [-0.1, -0.05) is 109 Å². The first-order chi connectivity index (χ1) is 16.9. The largest absolute Gasteiger partial charge is 0.480 e. The number of ether oxygens (including phenoxy) is 1. The predicted molar refractivity (Wildman–Crippen MR) is 140 cm³/mol. The van der Waals surface area contributed by atoms with E-state index in [-0.39, 0.29) is 0 Å². The number of benzene rings is 4. The fourth-order valence-electron chi connectivity index (χ4n) is 4.72. The van der Waals surface area contributed by atoms with Crippen molar-refractivity contribution in [1.29, 1.82) is 0 Å². The second-order valence-electron chi connectivity index (χ2n) is 8.66. The van der Waals surface area contributed by atoms with Gasteiger partial charge in [-0.25, -0.2) is 0 Å². The van der Waals surface area contributed by atoms with E-state index in [0.717, 1.165) is 43.9 Å². The lowest BCUT2D eigenvalue weighted by Crippen LogP contribution is -2.47. The maximum absolute atomic E-state index is 5.95. The molecule has 1 aliphatic rings. The summed E-state index contributed by atoms with van der Waals surface area (Å²) >= 11 is 0. The molecule has 5 rings (SSSR count). The smallest absolute Gasteiger partial charge is 0.149 e. The highest BCUT2D eigenvalue weighted by molar-refractivity contribution is 5.88. The molecule has 1 fully saturated rings. The van der Waals surface area contributed by atoms with E-state index in [1.165, 1.54) is 16.5 Å². The van der Waals surface area contributed by atoms with Gasteiger partial charge < -0.3 is 4.74 Å². The molecule has 4 aromatic rings. The van der Waals surface area contributed by atoms with Crippen LogP contribution in [0.25, 0.3) is 10.8 Å². The Morgan fingerprint density at radius 1 is 0.647 bits per heavy atom. The average Bonchev–Trinajstić information content (AvgIpc) is 2.91. The second kappa shape index (κ2) is 11.0. The van der Waals surface area contributed by atoms with Crippen LogP contribution < -0.4 is 4.74 Å². The van der Waals surface area contributed by atoms with Gasteiger partial charge in [-0.15, -0.1) is 0 Å². The molecule has 1 heterocycles. The van der Waals surface area contributed by atoms with Gasteiger partial charge >= 0.3 is 0 Å². The summed E-state index contributed by atoms with van der Waals surface area (Å²) in [7, 11) is 0. The van der Waals surface area contributed by atoms with E-state index in [1.807, 2.05) is 24.3 Å². The summed E-state index contributed by atoms with van der Waals surface area (Å²) in [5.41, 5.74) is 2.71. The van der Waals surface area contributed by atoms with Crippen molar-refractivity contribution in [3.63, 3.8) is 0 Å². The van der Waals surface area contributed by atoms with Gasteiger partial charge in [0.1, 0.15) is 12.4 Å². The second-order valence-corrected chi connectivity index (χ2v) is 8.66. The Morgan fingerprint density at radius 3 is 1.97 bits per heavy atom. The highest BCUT2D eigenvalue weighted by Crippen LogP contribution is 2.29. The van der Waals surface area contributed by atoms with Crippen LogP contribution in [0.3, 0.4) is 0 Å². The maximum atomic E-state index is 5.95. The summed E-state index contributed by atoms with van der Waals surface area (Å²) < 4.78 is 5.95. The van der Waals surface area contributed by atoms with Crippen LogP contribution in [-0.2, 0) is 0 Å². The van der Waals surface area contributed by atoms with Crippen LogP contribution in [-0.4, -0.2) is 49.1 Å². The highest BCUT2D eigenvalue weighted by Gasteiger charge is 2.25. The van der Waals surface area contributed by atoms with Gasteiger partial charge in [-0.3, -0.25) is 9.80 Å². The predicted octanol–water partition coefficient (Wildman–Crippen LogP) is 5.63. The Balaban J connectivity index is 1.15. The summed E-state index contributed by atoms with van der Waals surface area (Å²) in [5, 5.41) is 2.32. The number of hydrogen-bond acceptors (Lipinski definition) is 3. The molecule has 4 aromatic carbocycles. The number of fused-ring (bicyclic) bond motifs is 1. The first-order valence-electron chi connectivity index (χ1n) is 12.0. The molecule has 0 aliphatic carbocycles. The molecule has 1 saturated heterocycles.